The summed E-state index contributed by atoms with van der Waals surface area (Å²) >= 11 is 0. The van der Waals surface area contributed by atoms with Crippen LogP contribution in [0.4, 0.5) is 0 Å². The van der Waals surface area contributed by atoms with Crippen LogP contribution in [0.1, 0.15) is 51.9 Å². The Kier molecular flexibility index (Phi) is 3.95. The van der Waals surface area contributed by atoms with Crippen LogP contribution in [-0.2, 0) is 9.59 Å². The van der Waals surface area contributed by atoms with Crippen LogP contribution in [-0.4, -0.2) is 46.6 Å². The fourth-order valence-electron chi connectivity index (χ4n) is 3.65. The second-order valence-electron chi connectivity index (χ2n) is 7.29. The van der Waals surface area contributed by atoms with E-state index in [4.69, 9.17) is 0 Å². The molecule has 3 fully saturated rings. The third-order valence-electron chi connectivity index (χ3n) is 5.44. The second-order valence-corrected chi connectivity index (χ2v) is 7.29. The van der Waals surface area contributed by atoms with Gasteiger partial charge in [0.05, 0.1) is 18.1 Å². The molecule has 0 bridgehead atoms. The highest BCUT2D eigenvalue weighted by Gasteiger charge is 2.43. The molecule has 1 atom stereocenters. The normalized spacial score (nSPS) is 36.9. The summed E-state index contributed by atoms with van der Waals surface area (Å²) in [5.41, 5.74) is -0.459. The number of likely N-dealkylation sites (tertiary alicyclic amines) is 1. The minimum absolute atomic E-state index is 0.00152. The van der Waals surface area contributed by atoms with Crippen molar-refractivity contribution in [3.63, 3.8) is 0 Å². The molecule has 2 aliphatic carbocycles. The number of aliphatic hydroxyl groups excluding tert-OH is 1. The monoisotopic (exact) mass is 294 g/mol. The molecular weight excluding hydrogens is 268 g/mol. The van der Waals surface area contributed by atoms with Crippen molar-refractivity contribution in [2.75, 3.05) is 13.2 Å². The number of hydrogen-bond donors (Lipinski definition) is 2. The largest absolute Gasteiger partial charge is 0.394 e. The number of amides is 2. The lowest BCUT2D eigenvalue weighted by Gasteiger charge is -2.39. The van der Waals surface area contributed by atoms with Gasteiger partial charge in [-0.2, -0.15) is 0 Å². The number of rotatable bonds is 4. The molecule has 21 heavy (non-hydrogen) atoms. The fourth-order valence-corrected chi connectivity index (χ4v) is 3.65. The molecule has 5 nitrogen and oxygen atoms in total. The van der Waals surface area contributed by atoms with Crippen molar-refractivity contribution in [3.05, 3.63) is 0 Å². The topological polar surface area (TPSA) is 69.6 Å². The van der Waals surface area contributed by atoms with Crippen molar-refractivity contribution in [1.29, 1.82) is 0 Å². The Morgan fingerprint density at radius 2 is 2.00 bits per heavy atom. The lowest BCUT2D eigenvalue weighted by atomic mass is 9.77. The van der Waals surface area contributed by atoms with E-state index in [0.29, 0.717) is 24.9 Å². The summed E-state index contributed by atoms with van der Waals surface area (Å²) in [4.78, 5) is 26.3. The van der Waals surface area contributed by atoms with Gasteiger partial charge in [0.25, 0.3) is 0 Å². The van der Waals surface area contributed by atoms with Gasteiger partial charge in [-0.3, -0.25) is 9.59 Å². The average molecular weight is 294 g/mol. The van der Waals surface area contributed by atoms with Gasteiger partial charge in [0.2, 0.25) is 11.8 Å². The zero-order valence-electron chi connectivity index (χ0n) is 12.8. The lowest BCUT2D eigenvalue weighted by molar-refractivity contribution is -0.130. The lowest BCUT2D eigenvalue weighted by Crippen LogP contribution is -2.55. The zero-order valence-corrected chi connectivity index (χ0v) is 12.8. The maximum Gasteiger partial charge on any atom is 0.225 e. The van der Waals surface area contributed by atoms with E-state index in [-0.39, 0.29) is 24.3 Å². The van der Waals surface area contributed by atoms with Crippen LogP contribution in [0.15, 0.2) is 0 Å². The summed E-state index contributed by atoms with van der Waals surface area (Å²) in [5.74, 6) is 0.504. The molecule has 0 aromatic carbocycles. The third kappa shape index (κ3) is 3.07. The fraction of sp³-hybridized carbons (Fsp3) is 0.875. The molecule has 5 heteroatoms. The van der Waals surface area contributed by atoms with E-state index in [1.54, 1.807) is 0 Å². The van der Waals surface area contributed by atoms with E-state index in [0.717, 1.165) is 38.5 Å². The maximum absolute atomic E-state index is 12.5. The van der Waals surface area contributed by atoms with E-state index >= 15 is 0 Å². The number of hydrogen-bond acceptors (Lipinski definition) is 3. The highest BCUT2D eigenvalue weighted by Crippen LogP contribution is 2.34. The van der Waals surface area contributed by atoms with E-state index in [2.05, 4.69) is 12.2 Å². The molecule has 3 aliphatic rings. The Balaban J connectivity index is 1.59. The maximum atomic E-state index is 12.5. The summed E-state index contributed by atoms with van der Waals surface area (Å²) in [6, 6.07) is 0.387. The van der Waals surface area contributed by atoms with Crippen LogP contribution in [0.2, 0.25) is 0 Å². The van der Waals surface area contributed by atoms with Gasteiger partial charge in [-0.25, -0.2) is 0 Å². The molecule has 0 aromatic heterocycles. The van der Waals surface area contributed by atoms with Gasteiger partial charge in [0.15, 0.2) is 0 Å². The van der Waals surface area contributed by atoms with Crippen molar-refractivity contribution in [2.45, 2.75) is 63.5 Å². The van der Waals surface area contributed by atoms with Gasteiger partial charge in [0.1, 0.15) is 0 Å². The van der Waals surface area contributed by atoms with Crippen LogP contribution in [0.5, 0.6) is 0 Å². The Bertz CT molecular complexity index is 425. The van der Waals surface area contributed by atoms with Crippen LogP contribution in [0.25, 0.3) is 0 Å². The number of carbonyl (C=O) groups is 2. The SMILES string of the molecule is CC1CCC(CO)(NC(=O)C2CC(=O)N(C3CC3)C2)CC1. The molecular formula is C16H26N2O3. The smallest absolute Gasteiger partial charge is 0.225 e. The third-order valence-corrected chi connectivity index (χ3v) is 5.44. The molecule has 3 rings (SSSR count). The summed E-state index contributed by atoms with van der Waals surface area (Å²) in [6.45, 7) is 2.78. The molecule has 0 aromatic rings. The van der Waals surface area contributed by atoms with Crippen molar-refractivity contribution < 1.29 is 14.7 Å². The van der Waals surface area contributed by atoms with Crippen molar-refractivity contribution in [2.24, 2.45) is 11.8 Å². The molecule has 0 spiro atoms. The summed E-state index contributed by atoms with van der Waals surface area (Å²) < 4.78 is 0. The minimum atomic E-state index is -0.459. The first-order chi connectivity index (χ1) is 10.0. The molecule has 1 saturated heterocycles. The highest BCUT2D eigenvalue weighted by atomic mass is 16.3. The zero-order chi connectivity index (χ0) is 15.0. The molecule has 118 valence electrons. The van der Waals surface area contributed by atoms with Crippen molar-refractivity contribution >= 4 is 11.8 Å². The van der Waals surface area contributed by atoms with Gasteiger partial charge >= 0.3 is 0 Å². The second kappa shape index (κ2) is 5.59. The quantitative estimate of drug-likeness (QED) is 0.814. The van der Waals surface area contributed by atoms with E-state index in [1.807, 2.05) is 4.90 Å². The van der Waals surface area contributed by atoms with Gasteiger partial charge in [0, 0.05) is 19.0 Å². The molecule has 2 saturated carbocycles. The van der Waals surface area contributed by atoms with Gasteiger partial charge in [-0.1, -0.05) is 6.92 Å². The van der Waals surface area contributed by atoms with E-state index in [9.17, 15) is 14.7 Å². The first-order valence-corrected chi connectivity index (χ1v) is 8.25. The molecule has 1 unspecified atom stereocenters. The van der Waals surface area contributed by atoms with Gasteiger partial charge in [-0.05, 0) is 44.4 Å². The van der Waals surface area contributed by atoms with E-state index in [1.165, 1.54) is 0 Å². The van der Waals surface area contributed by atoms with Crippen LogP contribution >= 0.6 is 0 Å². The number of nitrogens with zero attached hydrogens (tertiary/aromatic N) is 1. The van der Waals surface area contributed by atoms with Gasteiger partial charge < -0.3 is 15.3 Å². The molecule has 1 heterocycles. The Morgan fingerprint density at radius 3 is 2.57 bits per heavy atom. The van der Waals surface area contributed by atoms with E-state index < -0.39 is 5.54 Å². The average Bonchev–Trinajstić information content (AvgIpc) is 3.24. The highest BCUT2D eigenvalue weighted by molar-refractivity contribution is 5.89. The summed E-state index contributed by atoms with van der Waals surface area (Å²) in [7, 11) is 0. The first-order valence-electron chi connectivity index (χ1n) is 8.25. The van der Waals surface area contributed by atoms with Crippen molar-refractivity contribution in [3.8, 4) is 0 Å². The molecule has 1 aliphatic heterocycles. The van der Waals surface area contributed by atoms with Gasteiger partial charge in [-0.15, -0.1) is 0 Å². The predicted molar refractivity (Wildman–Crippen MR) is 78.4 cm³/mol. The number of aliphatic hydroxyl groups is 1. The summed E-state index contributed by atoms with van der Waals surface area (Å²) in [5, 5.41) is 12.8. The summed E-state index contributed by atoms with van der Waals surface area (Å²) in [6.07, 6.45) is 6.25. The Labute approximate surface area is 126 Å². The first kappa shape index (κ1) is 14.8. The number of carbonyl (C=O) groups excluding carboxylic acids is 2. The van der Waals surface area contributed by atoms with Crippen LogP contribution in [0.3, 0.4) is 0 Å². The van der Waals surface area contributed by atoms with Crippen LogP contribution < -0.4 is 5.32 Å². The minimum Gasteiger partial charge on any atom is -0.394 e. The standard InChI is InChI=1S/C16H26N2O3/c1-11-4-6-16(10-19,7-5-11)17-15(21)12-8-14(20)18(9-12)13-2-3-13/h11-13,19H,2-10H2,1H3,(H,17,21). The van der Waals surface area contributed by atoms with Crippen molar-refractivity contribution in [1.82, 2.24) is 10.2 Å². The Morgan fingerprint density at radius 1 is 1.33 bits per heavy atom. The number of nitrogens with one attached hydrogen (secondary N) is 1. The molecule has 2 amide bonds. The Hall–Kier alpha value is -1.10. The van der Waals surface area contributed by atoms with Crippen LogP contribution in [0, 0.1) is 11.8 Å². The molecule has 0 radical (unpaired) electrons. The predicted octanol–water partition coefficient (Wildman–Crippen LogP) is 1.05. The molecule has 2 N–H and O–H groups in total.